The Kier molecular flexibility index (Phi) is 4.25. The van der Waals surface area contributed by atoms with Gasteiger partial charge in [0.1, 0.15) is 11.5 Å². The van der Waals surface area contributed by atoms with Gasteiger partial charge in [-0.1, -0.05) is 23.7 Å². The second kappa shape index (κ2) is 6.49. The van der Waals surface area contributed by atoms with Crippen LogP contribution in [0.5, 0.6) is 11.5 Å². The van der Waals surface area contributed by atoms with Gasteiger partial charge in [-0.3, -0.25) is 0 Å². The van der Waals surface area contributed by atoms with Crippen LogP contribution in [0, 0.1) is 0 Å². The van der Waals surface area contributed by atoms with E-state index in [0.717, 1.165) is 11.3 Å². The van der Waals surface area contributed by atoms with Gasteiger partial charge in [0.25, 0.3) is 5.89 Å². The average Bonchev–Trinajstić information content (AvgIpc) is 3.02. The van der Waals surface area contributed by atoms with Crippen LogP contribution in [0.3, 0.4) is 0 Å². The van der Waals surface area contributed by atoms with Gasteiger partial charge < -0.3 is 13.9 Å². The minimum atomic E-state index is 0.178. The first-order valence-corrected chi connectivity index (χ1v) is 6.97. The summed E-state index contributed by atoms with van der Waals surface area (Å²) in [6.07, 6.45) is 0. The smallest absolute Gasteiger partial charge is 0.254 e. The molecule has 0 aliphatic heterocycles. The van der Waals surface area contributed by atoms with E-state index in [1.165, 1.54) is 0 Å². The molecule has 0 radical (unpaired) electrons. The van der Waals surface area contributed by atoms with Gasteiger partial charge in [0, 0.05) is 10.6 Å². The Balaban J connectivity index is 1.71. The number of hydrogen-bond donors (Lipinski definition) is 0. The number of nitrogens with zero attached hydrogens (tertiary/aromatic N) is 2. The molecular weight excluding hydrogens is 304 g/mol. The fourth-order valence-corrected chi connectivity index (χ4v) is 2.07. The van der Waals surface area contributed by atoms with Crippen molar-refractivity contribution in [3.8, 4) is 23.0 Å². The lowest BCUT2D eigenvalue weighted by molar-refractivity contribution is 0.264. The molecule has 0 aliphatic rings. The van der Waals surface area contributed by atoms with Crippen LogP contribution in [0.25, 0.3) is 11.5 Å². The maximum Gasteiger partial charge on any atom is 0.254 e. The van der Waals surface area contributed by atoms with Gasteiger partial charge in [-0.15, -0.1) is 10.2 Å². The molecule has 1 aromatic heterocycles. The van der Waals surface area contributed by atoms with E-state index >= 15 is 0 Å². The summed E-state index contributed by atoms with van der Waals surface area (Å²) >= 11 is 5.90. The molecule has 3 rings (SSSR count). The van der Waals surface area contributed by atoms with Crippen molar-refractivity contribution < 1.29 is 13.9 Å². The van der Waals surface area contributed by atoms with Crippen LogP contribution in [0.1, 0.15) is 5.89 Å². The van der Waals surface area contributed by atoms with Crippen LogP contribution >= 0.6 is 11.6 Å². The zero-order valence-electron chi connectivity index (χ0n) is 11.8. The van der Waals surface area contributed by atoms with Crippen LogP contribution in [-0.4, -0.2) is 17.3 Å². The van der Waals surface area contributed by atoms with Crippen LogP contribution in [0.2, 0.25) is 5.02 Å². The van der Waals surface area contributed by atoms with Crippen molar-refractivity contribution in [2.24, 2.45) is 0 Å². The summed E-state index contributed by atoms with van der Waals surface area (Å²) in [5.41, 5.74) is 0.792. The molecule has 5 nitrogen and oxygen atoms in total. The molecule has 22 heavy (non-hydrogen) atoms. The maximum atomic E-state index is 5.90. The van der Waals surface area contributed by atoms with Gasteiger partial charge in [0.05, 0.1) is 7.11 Å². The van der Waals surface area contributed by atoms with E-state index in [0.29, 0.717) is 22.6 Å². The number of methoxy groups -OCH3 is 1. The third kappa shape index (κ3) is 3.38. The van der Waals surface area contributed by atoms with Crippen LogP contribution in [0.15, 0.2) is 52.9 Å². The Morgan fingerprint density at radius 3 is 2.68 bits per heavy atom. The first kappa shape index (κ1) is 14.4. The third-order valence-corrected chi connectivity index (χ3v) is 3.18. The third-order valence-electron chi connectivity index (χ3n) is 2.94. The van der Waals surface area contributed by atoms with Gasteiger partial charge in [0.2, 0.25) is 5.89 Å². The second-order valence-electron chi connectivity index (χ2n) is 4.48. The molecular formula is C16H13ClN2O3. The van der Waals surface area contributed by atoms with Gasteiger partial charge in [-0.25, -0.2) is 0 Å². The van der Waals surface area contributed by atoms with Crippen molar-refractivity contribution in [1.29, 1.82) is 0 Å². The van der Waals surface area contributed by atoms with Gasteiger partial charge in [0.15, 0.2) is 6.61 Å². The number of hydrogen-bond acceptors (Lipinski definition) is 5. The molecule has 0 N–H and O–H groups in total. The van der Waals surface area contributed by atoms with E-state index in [9.17, 15) is 0 Å². The van der Waals surface area contributed by atoms with Crippen LogP contribution in [0.4, 0.5) is 0 Å². The fourth-order valence-electron chi connectivity index (χ4n) is 1.89. The van der Waals surface area contributed by atoms with Gasteiger partial charge >= 0.3 is 0 Å². The lowest BCUT2D eigenvalue weighted by atomic mass is 10.2. The molecule has 0 amide bonds. The minimum absolute atomic E-state index is 0.178. The zero-order valence-corrected chi connectivity index (χ0v) is 12.6. The molecule has 2 aromatic carbocycles. The number of aromatic nitrogens is 2. The van der Waals surface area contributed by atoms with E-state index < -0.39 is 0 Å². The average molecular weight is 317 g/mol. The fraction of sp³-hybridized carbons (Fsp3) is 0.125. The SMILES string of the molecule is COc1cccc(-c2nnc(COc3cccc(Cl)c3)o2)c1. The number of benzene rings is 2. The van der Waals surface area contributed by atoms with Crippen molar-refractivity contribution >= 4 is 11.6 Å². The Hall–Kier alpha value is -2.53. The Morgan fingerprint density at radius 1 is 1.05 bits per heavy atom. The molecule has 0 spiro atoms. The molecule has 112 valence electrons. The highest BCUT2D eigenvalue weighted by Gasteiger charge is 2.10. The number of halogens is 1. The van der Waals surface area contributed by atoms with E-state index in [1.54, 1.807) is 19.2 Å². The number of ether oxygens (including phenoxy) is 2. The first-order chi connectivity index (χ1) is 10.7. The Morgan fingerprint density at radius 2 is 1.86 bits per heavy atom. The zero-order chi connectivity index (χ0) is 15.4. The summed E-state index contributed by atoms with van der Waals surface area (Å²) in [7, 11) is 1.61. The summed E-state index contributed by atoms with van der Waals surface area (Å²) in [6.45, 7) is 0.178. The summed E-state index contributed by atoms with van der Waals surface area (Å²) in [5, 5.41) is 8.59. The van der Waals surface area contributed by atoms with Crippen molar-refractivity contribution in [3.05, 3.63) is 59.4 Å². The predicted octanol–water partition coefficient (Wildman–Crippen LogP) is 3.98. The van der Waals surface area contributed by atoms with Crippen molar-refractivity contribution in [1.82, 2.24) is 10.2 Å². The Labute approximate surface area is 132 Å². The van der Waals surface area contributed by atoms with Crippen LogP contribution < -0.4 is 9.47 Å². The Bertz CT molecular complexity index is 773. The lowest BCUT2D eigenvalue weighted by Crippen LogP contribution is -1.95. The monoisotopic (exact) mass is 316 g/mol. The highest BCUT2D eigenvalue weighted by Crippen LogP contribution is 2.23. The quantitative estimate of drug-likeness (QED) is 0.712. The molecule has 6 heteroatoms. The molecule has 0 fully saturated rings. The topological polar surface area (TPSA) is 57.4 Å². The van der Waals surface area contributed by atoms with Crippen LogP contribution in [-0.2, 0) is 6.61 Å². The number of rotatable bonds is 5. The molecule has 0 saturated heterocycles. The molecule has 0 bridgehead atoms. The van der Waals surface area contributed by atoms with E-state index in [-0.39, 0.29) is 6.61 Å². The second-order valence-corrected chi connectivity index (χ2v) is 4.92. The summed E-state index contributed by atoms with van der Waals surface area (Å²) in [5.74, 6) is 2.18. The van der Waals surface area contributed by atoms with Crippen molar-refractivity contribution in [2.45, 2.75) is 6.61 Å². The van der Waals surface area contributed by atoms with Crippen molar-refractivity contribution in [3.63, 3.8) is 0 Å². The van der Waals surface area contributed by atoms with E-state index in [4.69, 9.17) is 25.5 Å². The summed E-state index contributed by atoms with van der Waals surface area (Å²) in [6, 6.07) is 14.5. The predicted molar refractivity (Wildman–Crippen MR) is 82.1 cm³/mol. The maximum absolute atomic E-state index is 5.90. The lowest BCUT2D eigenvalue weighted by Gasteiger charge is -2.03. The summed E-state index contributed by atoms with van der Waals surface area (Å²) in [4.78, 5) is 0. The molecule has 0 unspecified atom stereocenters. The summed E-state index contributed by atoms with van der Waals surface area (Å²) < 4.78 is 16.3. The molecule has 0 atom stereocenters. The van der Waals surface area contributed by atoms with Gasteiger partial charge in [-0.2, -0.15) is 0 Å². The highest BCUT2D eigenvalue weighted by atomic mass is 35.5. The van der Waals surface area contributed by atoms with E-state index in [2.05, 4.69) is 10.2 Å². The highest BCUT2D eigenvalue weighted by molar-refractivity contribution is 6.30. The molecule has 1 heterocycles. The van der Waals surface area contributed by atoms with Crippen molar-refractivity contribution in [2.75, 3.05) is 7.11 Å². The minimum Gasteiger partial charge on any atom is -0.497 e. The standard InChI is InChI=1S/C16H13ClN2O3/c1-20-13-6-2-4-11(8-13)16-19-18-15(22-16)10-21-14-7-3-5-12(17)9-14/h2-9H,10H2,1H3. The molecule has 0 aliphatic carbocycles. The normalized spacial score (nSPS) is 10.5. The van der Waals surface area contributed by atoms with Gasteiger partial charge in [-0.05, 0) is 36.4 Å². The molecule has 3 aromatic rings. The first-order valence-electron chi connectivity index (χ1n) is 6.60. The largest absolute Gasteiger partial charge is 0.497 e. The van der Waals surface area contributed by atoms with E-state index in [1.807, 2.05) is 36.4 Å². The molecule has 0 saturated carbocycles.